The Kier molecular flexibility index (Phi) is 4.27. The van der Waals surface area contributed by atoms with E-state index in [0.717, 1.165) is 0 Å². The molecule has 0 amide bonds. The molecule has 0 aliphatic heterocycles. The zero-order valence-electron chi connectivity index (χ0n) is 9.10. The summed E-state index contributed by atoms with van der Waals surface area (Å²) in [5.74, 6) is -0.373. The predicted molar refractivity (Wildman–Crippen MR) is 58.0 cm³/mol. The predicted octanol–water partition coefficient (Wildman–Crippen LogP) is 2.69. The van der Waals surface area contributed by atoms with Crippen molar-refractivity contribution in [3.63, 3.8) is 0 Å². The van der Waals surface area contributed by atoms with E-state index in [2.05, 4.69) is 4.74 Å². The standard InChI is InChI=1S/C12H12O4/c1-3-9(2)11(13)16-12(14)15-10-7-5-4-6-8-10/h3-8H,1-2H3/b9-3+. The Labute approximate surface area is 93.5 Å². The molecule has 0 spiro atoms. The third-order valence-electron chi connectivity index (χ3n) is 1.88. The number of para-hydroxylation sites is 1. The van der Waals surface area contributed by atoms with Gasteiger partial charge in [0, 0.05) is 5.57 Å². The summed E-state index contributed by atoms with van der Waals surface area (Å²) in [6, 6.07) is 8.39. The lowest BCUT2D eigenvalue weighted by Gasteiger charge is -2.03. The number of esters is 1. The van der Waals surface area contributed by atoms with Crippen molar-refractivity contribution in [3.8, 4) is 5.75 Å². The lowest BCUT2D eigenvalue weighted by atomic mass is 10.3. The largest absolute Gasteiger partial charge is 0.521 e. The number of allylic oxidation sites excluding steroid dienone is 1. The fraction of sp³-hybridized carbons (Fsp3) is 0.167. The Morgan fingerprint density at radius 3 is 2.38 bits per heavy atom. The summed E-state index contributed by atoms with van der Waals surface area (Å²) in [7, 11) is 0. The highest BCUT2D eigenvalue weighted by molar-refractivity contribution is 5.94. The van der Waals surface area contributed by atoms with Gasteiger partial charge in [0.05, 0.1) is 0 Å². The fourth-order valence-electron chi connectivity index (χ4n) is 0.880. The maximum absolute atomic E-state index is 11.2. The third kappa shape index (κ3) is 3.57. The first-order valence-corrected chi connectivity index (χ1v) is 4.75. The first-order chi connectivity index (χ1) is 7.63. The normalized spacial score (nSPS) is 10.8. The lowest BCUT2D eigenvalue weighted by molar-refractivity contribution is -0.134. The highest BCUT2D eigenvalue weighted by atomic mass is 16.7. The second-order valence-electron chi connectivity index (χ2n) is 3.03. The van der Waals surface area contributed by atoms with Crippen molar-refractivity contribution in [3.05, 3.63) is 42.0 Å². The summed E-state index contributed by atoms with van der Waals surface area (Å²) in [6.07, 6.45) is 0.524. The molecule has 4 heteroatoms. The van der Waals surface area contributed by atoms with E-state index in [9.17, 15) is 9.59 Å². The van der Waals surface area contributed by atoms with Gasteiger partial charge in [0.15, 0.2) is 0 Å². The number of carbonyl (C=O) groups is 2. The van der Waals surface area contributed by atoms with E-state index in [0.29, 0.717) is 11.3 Å². The minimum atomic E-state index is -1.03. The average Bonchev–Trinajstić information content (AvgIpc) is 2.29. The number of hydrogen-bond acceptors (Lipinski definition) is 4. The molecule has 84 valence electrons. The second-order valence-corrected chi connectivity index (χ2v) is 3.03. The molecular formula is C12H12O4. The summed E-state index contributed by atoms with van der Waals surface area (Å²) in [6.45, 7) is 3.23. The summed E-state index contributed by atoms with van der Waals surface area (Å²) < 4.78 is 9.21. The molecule has 4 nitrogen and oxygen atoms in total. The molecule has 0 N–H and O–H groups in total. The number of hydrogen-bond donors (Lipinski definition) is 0. The summed E-state index contributed by atoms with van der Waals surface area (Å²) in [5.41, 5.74) is 0.352. The van der Waals surface area contributed by atoms with Crippen LogP contribution in [-0.2, 0) is 9.53 Å². The number of rotatable bonds is 2. The highest BCUT2D eigenvalue weighted by Gasteiger charge is 2.13. The van der Waals surface area contributed by atoms with Crippen LogP contribution in [0.1, 0.15) is 13.8 Å². The Hall–Kier alpha value is -2.10. The lowest BCUT2D eigenvalue weighted by Crippen LogP contribution is -2.16. The zero-order chi connectivity index (χ0) is 12.0. The van der Waals surface area contributed by atoms with Gasteiger partial charge in [-0.2, -0.15) is 0 Å². The highest BCUT2D eigenvalue weighted by Crippen LogP contribution is 2.09. The molecule has 0 atom stereocenters. The molecule has 16 heavy (non-hydrogen) atoms. The number of carbonyl (C=O) groups excluding carboxylic acids is 2. The van der Waals surface area contributed by atoms with Crippen molar-refractivity contribution in [1.29, 1.82) is 0 Å². The van der Waals surface area contributed by atoms with Gasteiger partial charge in [-0.3, -0.25) is 0 Å². The molecule has 0 aliphatic carbocycles. The van der Waals surface area contributed by atoms with Crippen molar-refractivity contribution in [2.24, 2.45) is 0 Å². The van der Waals surface area contributed by atoms with Gasteiger partial charge in [-0.15, -0.1) is 0 Å². The molecule has 1 aromatic rings. The Balaban J connectivity index is 2.52. The van der Waals surface area contributed by atoms with Crippen LogP contribution >= 0.6 is 0 Å². The summed E-state index contributed by atoms with van der Waals surface area (Å²) >= 11 is 0. The molecule has 0 unspecified atom stereocenters. The van der Waals surface area contributed by atoms with Gasteiger partial charge in [-0.05, 0) is 26.0 Å². The molecule has 0 fully saturated rings. The van der Waals surface area contributed by atoms with Crippen LogP contribution in [0.15, 0.2) is 42.0 Å². The maximum atomic E-state index is 11.2. The SMILES string of the molecule is C/C=C(\C)C(=O)OC(=O)Oc1ccccc1. The van der Waals surface area contributed by atoms with Crippen LogP contribution < -0.4 is 4.74 Å². The van der Waals surface area contributed by atoms with E-state index < -0.39 is 12.1 Å². The minimum absolute atomic E-state index is 0.332. The Morgan fingerprint density at radius 1 is 1.19 bits per heavy atom. The molecule has 0 aliphatic rings. The Bertz CT molecular complexity index is 406. The van der Waals surface area contributed by atoms with Crippen LogP contribution in [0.4, 0.5) is 4.79 Å². The first-order valence-electron chi connectivity index (χ1n) is 4.75. The smallest absolute Gasteiger partial charge is 0.395 e. The molecule has 0 bridgehead atoms. The van der Waals surface area contributed by atoms with Crippen LogP contribution in [0.2, 0.25) is 0 Å². The van der Waals surface area contributed by atoms with Crippen molar-refractivity contribution < 1.29 is 19.1 Å². The molecule has 1 aromatic carbocycles. The topological polar surface area (TPSA) is 52.6 Å². The average molecular weight is 220 g/mol. The van der Waals surface area contributed by atoms with Crippen LogP contribution in [0.25, 0.3) is 0 Å². The maximum Gasteiger partial charge on any atom is 0.521 e. The molecule has 0 saturated carbocycles. The van der Waals surface area contributed by atoms with E-state index in [1.165, 1.54) is 0 Å². The van der Waals surface area contributed by atoms with Gasteiger partial charge in [-0.25, -0.2) is 9.59 Å². The van der Waals surface area contributed by atoms with Crippen LogP contribution in [0, 0.1) is 0 Å². The molecule has 0 radical (unpaired) electrons. The molecule has 0 saturated heterocycles. The van der Waals surface area contributed by atoms with E-state index in [-0.39, 0.29) is 0 Å². The quantitative estimate of drug-likeness (QED) is 0.333. The van der Waals surface area contributed by atoms with Gasteiger partial charge in [-0.1, -0.05) is 24.3 Å². The summed E-state index contributed by atoms with van der Waals surface area (Å²) in [4.78, 5) is 22.3. The van der Waals surface area contributed by atoms with E-state index in [4.69, 9.17) is 4.74 Å². The third-order valence-corrected chi connectivity index (χ3v) is 1.88. The molecule has 0 heterocycles. The second kappa shape index (κ2) is 5.70. The van der Waals surface area contributed by atoms with Crippen molar-refractivity contribution in [1.82, 2.24) is 0 Å². The monoisotopic (exact) mass is 220 g/mol. The molecule has 0 aromatic heterocycles. The van der Waals surface area contributed by atoms with Gasteiger partial charge in [0.1, 0.15) is 5.75 Å². The van der Waals surface area contributed by atoms with Gasteiger partial charge >= 0.3 is 12.1 Å². The molecule has 1 rings (SSSR count). The van der Waals surface area contributed by atoms with E-state index >= 15 is 0 Å². The van der Waals surface area contributed by atoms with Crippen molar-refractivity contribution >= 4 is 12.1 Å². The van der Waals surface area contributed by atoms with E-state index in [1.807, 2.05) is 0 Å². The van der Waals surface area contributed by atoms with E-state index in [1.54, 1.807) is 50.3 Å². The minimum Gasteiger partial charge on any atom is -0.395 e. The summed E-state index contributed by atoms with van der Waals surface area (Å²) in [5, 5.41) is 0. The fourth-order valence-corrected chi connectivity index (χ4v) is 0.880. The number of benzene rings is 1. The first kappa shape index (κ1) is 12.0. The van der Waals surface area contributed by atoms with Crippen molar-refractivity contribution in [2.75, 3.05) is 0 Å². The zero-order valence-corrected chi connectivity index (χ0v) is 9.10. The van der Waals surface area contributed by atoms with Gasteiger partial charge in [0.2, 0.25) is 0 Å². The van der Waals surface area contributed by atoms with Gasteiger partial charge in [0.25, 0.3) is 0 Å². The van der Waals surface area contributed by atoms with Crippen LogP contribution in [0.5, 0.6) is 5.75 Å². The van der Waals surface area contributed by atoms with Crippen LogP contribution in [-0.4, -0.2) is 12.1 Å². The van der Waals surface area contributed by atoms with Crippen LogP contribution in [0.3, 0.4) is 0 Å². The van der Waals surface area contributed by atoms with Gasteiger partial charge < -0.3 is 9.47 Å². The molecular weight excluding hydrogens is 208 g/mol. The van der Waals surface area contributed by atoms with Crippen molar-refractivity contribution in [2.45, 2.75) is 13.8 Å². The Morgan fingerprint density at radius 2 is 1.81 bits per heavy atom. The number of ether oxygens (including phenoxy) is 2.